The predicted molar refractivity (Wildman–Crippen MR) is 95.2 cm³/mol. The highest BCUT2D eigenvalue weighted by Crippen LogP contribution is 2.31. The Hall–Kier alpha value is -1.58. The fraction of sp³-hybridized carbons (Fsp3) is 0.286. The Morgan fingerprint density at radius 2 is 1.91 bits per heavy atom. The van der Waals surface area contributed by atoms with Gasteiger partial charge in [0.05, 0.1) is 5.25 Å². The molecule has 9 heteroatoms. The Bertz CT molecular complexity index is 688. The van der Waals surface area contributed by atoms with Crippen LogP contribution < -0.4 is 11.1 Å². The van der Waals surface area contributed by atoms with Crippen molar-refractivity contribution in [3.05, 3.63) is 29.8 Å². The zero-order valence-electron chi connectivity index (χ0n) is 12.6. The van der Waals surface area contributed by atoms with Crippen molar-refractivity contribution >= 4 is 52.4 Å². The second-order valence-corrected chi connectivity index (χ2v) is 8.53. The Balaban J connectivity index is 1.92. The van der Waals surface area contributed by atoms with Gasteiger partial charge in [0.15, 0.2) is 8.68 Å². The highest BCUT2D eigenvalue weighted by Gasteiger charge is 2.17. The zero-order chi connectivity index (χ0) is 16.8. The van der Waals surface area contributed by atoms with Gasteiger partial charge in [-0.15, -0.1) is 10.2 Å². The first-order valence-electron chi connectivity index (χ1n) is 6.83. The summed E-state index contributed by atoms with van der Waals surface area (Å²) in [7, 11) is 0. The lowest BCUT2D eigenvalue weighted by atomic mass is 10.2. The fourth-order valence-electron chi connectivity index (χ4n) is 1.59. The van der Waals surface area contributed by atoms with E-state index in [0.29, 0.717) is 11.3 Å². The molecule has 1 atom stereocenters. The molecular weight excluding hydrogens is 352 g/mol. The van der Waals surface area contributed by atoms with Crippen molar-refractivity contribution in [2.24, 2.45) is 5.73 Å². The minimum absolute atomic E-state index is 0.137. The Morgan fingerprint density at radius 1 is 1.26 bits per heavy atom. The van der Waals surface area contributed by atoms with E-state index in [-0.39, 0.29) is 11.2 Å². The van der Waals surface area contributed by atoms with E-state index < -0.39 is 5.91 Å². The van der Waals surface area contributed by atoms with Crippen molar-refractivity contribution in [1.29, 1.82) is 0 Å². The lowest BCUT2D eigenvalue weighted by Gasteiger charge is -2.10. The van der Waals surface area contributed by atoms with Gasteiger partial charge in [0, 0.05) is 11.3 Å². The largest absolute Gasteiger partial charge is 0.366 e. The van der Waals surface area contributed by atoms with E-state index in [2.05, 4.69) is 22.4 Å². The average Bonchev–Trinajstić information content (AvgIpc) is 2.95. The van der Waals surface area contributed by atoms with Gasteiger partial charge < -0.3 is 11.1 Å². The molecule has 1 heterocycles. The molecule has 2 aromatic rings. The third-order valence-electron chi connectivity index (χ3n) is 2.74. The molecule has 1 aromatic carbocycles. The number of thioether (sulfide) groups is 2. The van der Waals surface area contributed by atoms with Gasteiger partial charge in [0.1, 0.15) is 0 Å². The van der Waals surface area contributed by atoms with E-state index in [0.717, 1.165) is 14.4 Å². The van der Waals surface area contributed by atoms with Crippen molar-refractivity contribution in [2.75, 3.05) is 11.1 Å². The van der Waals surface area contributed by atoms with Crippen LogP contribution in [0.4, 0.5) is 5.69 Å². The van der Waals surface area contributed by atoms with Gasteiger partial charge in [0.25, 0.3) is 0 Å². The summed E-state index contributed by atoms with van der Waals surface area (Å²) in [4.78, 5) is 23.2. The van der Waals surface area contributed by atoms with Gasteiger partial charge >= 0.3 is 0 Å². The molecule has 23 heavy (non-hydrogen) atoms. The molecule has 0 spiro atoms. The number of nitrogens with one attached hydrogen (secondary N) is 1. The smallest absolute Gasteiger partial charge is 0.248 e. The van der Waals surface area contributed by atoms with Crippen LogP contribution in [0.25, 0.3) is 0 Å². The summed E-state index contributed by atoms with van der Waals surface area (Å²) >= 11 is 4.49. The third-order valence-corrected chi connectivity index (χ3v) is 5.86. The molecule has 0 bridgehead atoms. The topological polar surface area (TPSA) is 98.0 Å². The molecule has 122 valence electrons. The first-order valence-corrected chi connectivity index (χ1v) is 9.51. The highest BCUT2D eigenvalue weighted by molar-refractivity contribution is 8.03. The first kappa shape index (κ1) is 17.8. The summed E-state index contributed by atoms with van der Waals surface area (Å²) in [5, 5.41) is 10.6. The second-order valence-electron chi connectivity index (χ2n) is 4.46. The number of hydrogen-bond acceptors (Lipinski definition) is 7. The number of anilines is 1. The molecule has 0 aliphatic rings. The molecule has 1 aromatic heterocycles. The van der Waals surface area contributed by atoms with Crippen LogP contribution in [-0.2, 0) is 4.79 Å². The number of rotatable bonds is 7. The van der Waals surface area contributed by atoms with Gasteiger partial charge in [-0.1, -0.05) is 41.8 Å². The normalized spacial score (nSPS) is 11.9. The van der Waals surface area contributed by atoms with Gasteiger partial charge in [0.2, 0.25) is 11.8 Å². The molecule has 3 N–H and O–H groups in total. The molecule has 6 nitrogen and oxygen atoms in total. The molecule has 2 rings (SSSR count). The van der Waals surface area contributed by atoms with E-state index in [1.807, 2.05) is 6.92 Å². The van der Waals surface area contributed by atoms with Crippen LogP contribution in [0.5, 0.6) is 0 Å². The van der Waals surface area contributed by atoms with Gasteiger partial charge in [-0.3, -0.25) is 9.59 Å². The van der Waals surface area contributed by atoms with Crippen molar-refractivity contribution < 1.29 is 9.59 Å². The molecule has 2 amide bonds. The number of aromatic nitrogens is 2. The molecule has 0 radical (unpaired) electrons. The number of carbonyl (C=O) groups excluding carboxylic acids is 2. The quantitative estimate of drug-likeness (QED) is 0.729. The van der Waals surface area contributed by atoms with E-state index >= 15 is 0 Å². The number of amides is 2. The molecule has 0 unspecified atom stereocenters. The standard InChI is InChI=1S/C14H16N4O2S3/c1-3-21-13-17-18-14(23-13)22-8(2)12(20)16-10-6-4-9(5-7-10)11(15)19/h4-8H,3H2,1-2H3,(H2,15,19)(H,16,20)/t8-/m0/s1. The van der Waals surface area contributed by atoms with Crippen LogP contribution in [0.1, 0.15) is 24.2 Å². The number of nitrogens with two attached hydrogens (primary N) is 1. The minimum Gasteiger partial charge on any atom is -0.366 e. The summed E-state index contributed by atoms with van der Waals surface area (Å²) in [6.07, 6.45) is 0. The summed E-state index contributed by atoms with van der Waals surface area (Å²) in [5.74, 6) is 0.307. The van der Waals surface area contributed by atoms with E-state index in [1.165, 1.54) is 23.1 Å². The number of carbonyl (C=O) groups is 2. The fourth-order valence-corrected chi connectivity index (χ4v) is 4.65. The maximum atomic E-state index is 12.2. The van der Waals surface area contributed by atoms with E-state index in [1.54, 1.807) is 36.0 Å². The Morgan fingerprint density at radius 3 is 2.52 bits per heavy atom. The van der Waals surface area contributed by atoms with Crippen molar-refractivity contribution in [3.63, 3.8) is 0 Å². The molecule has 0 aliphatic heterocycles. The molecule has 0 saturated heterocycles. The lowest BCUT2D eigenvalue weighted by Crippen LogP contribution is -2.22. The van der Waals surface area contributed by atoms with Crippen LogP contribution in [0.3, 0.4) is 0 Å². The van der Waals surface area contributed by atoms with Crippen molar-refractivity contribution in [3.8, 4) is 0 Å². The SMILES string of the molecule is CCSc1nnc(S[C@@H](C)C(=O)Nc2ccc(C(N)=O)cc2)s1. The maximum Gasteiger partial charge on any atom is 0.248 e. The summed E-state index contributed by atoms with van der Waals surface area (Å²) < 4.78 is 1.68. The van der Waals surface area contributed by atoms with E-state index in [4.69, 9.17) is 5.73 Å². The maximum absolute atomic E-state index is 12.2. The number of hydrogen-bond donors (Lipinski definition) is 2. The Kier molecular flexibility index (Phi) is 6.43. The first-order chi connectivity index (χ1) is 11.0. The highest BCUT2D eigenvalue weighted by atomic mass is 32.2. The van der Waals surface area contributed by atoms with Crippen LogP contribution in [0, 0.1) is 0 Å². The molecule has 0 saturated carbocycles. The van der Waals surface area contributed by atoms with Crippen molar-refractivity contribution in [2.45, 2.75) is 27.8 Å². The number of primary amides is 1. The molecule has 0 fully saturated rings. The average molecular weight is 369 g/mol. The van der Waals surface area contributed by atoms with Gasteiger partial charge in [-0.25, -0.2) is 0 Å². The summed E-state index contributed by atoms with van der Waals surface area (Å²) in [6.45, 7) is 3.87. The zero-order valence-corrected chi connectivity index (χ0v) is 15.1. The van der Waals surface area contributed by atoms with Gasteiger partial charge in [-0.05, 0) is 36.9 Å². The lowest BCUT2D eigenvalue weighted by molar-refractivity contribution is -0.115. The Labute approximate surface area is 146 Å². The number of benzene rings is 1. The van der Waals surface area contributed by atoms with Crippen LogP contribution >= 0.6 is 34.9 Å². The monoisotopic (exact) mass is 368 g/mol. The van der Waals surface area contributed by atoms with Crippen LogP contribution in [0.2, 0.25) is 0 Å². The molecular formula is C14H16N4O2S3. The van der Waals surface area contributed by atoms with Gasteiger partial charge in [-0.2, -0.15) is 0 Å². The second kappa shape index (κ2) is 8.32. The minimum atomic E-state index is -0.496. The third kappa shape index (κ3) is 5.22. The summed E-state index contributed by atoms with van der Waals surface area (Å²) in [6, 6.07) is 6.45. The van der Waals surface area contributed by atoms with E-state index in [9.17, 15) is 9.59 Å². The van der Waals surface area contributed by atoms with Crippen molar-refractivity contribution in [1.82, 2.24) is 10.2 Å². The van der Waals surface area contributed by atoms with Crippen LogP contribution in [0.15, 0.2) is 32.9 Å². The van der Waals surface area contributed by atoms with Crippen LogP contribution in [-0.4, -0.2) is 33.0 Å². The predicted octanol–water partition coefficient (Wildman–Crippen LogP) is 2.87. The summed E-state index contributed by atoms with van der Waals surface area (Å²) in [5.41, 5.74) is 6.20. The molecule has 0 aliphatic carbocycles. The number of nitrogens with zero attached hydrogens (tertiary/aromatic N) is 2.